The summed E-state index contributed by atoms with van der Waals surface area (Å²) in [6, 6.07) is 14.2. The second kappa shape index (κ2) is 5.28. The fourth-order valence-electron chi connectivity index (χ4n) is 2.22. The third-order valence-corrected chi connectivity index (χ3v) is 3.27. The Hall–Kier alpha value is -2.82. The van der Waals surface area contributed by atoms with E-state index in [0.717, 1.165) is 10.1 Å². The third kappa shape index (κ3) is 2.33. The van der Waals surface area contributed by atoms with E-state index in [1.165, 1.54) is 7.11 Å². The molecule has 3 aromatic rings. The van der Waals surface area contributed by atoms with Crippen LogP contribution in [0.4, 0.5) is 0 Å². The van der Waals surface area contributed by atoms with Crippen LogP contribution in [0.1, 0.15) is 5.56 Å². The monoisotopic (exact) mass is 283 g/mol. The molecule has 0 N–H and O–H groups in total. The number of hydrogen-bond acceptors (Lipinski definition) is 4. The number of ether oxygens (including phenoxy) is 1. The highest BCUT2D eigenvalue weighted by atomic mass is 16.5. The summed E-state index contributed by atoms with van der Waals surface area (Å²) in [7, 11) is 1.46. The van der Waals surface area contributed by atoms with E-state index in [-0.39, 0.29) is 17.7 Å². The van der Waals surface area contributed by atoms with E-state index in [2.05, 4.69) is 0 Å². The number of para-hydroxylation sites is 1. The van der Waals surface area contributed by atoms with Crippen LogP contribution in [0, 0.1) is 0 Å². The maximum atomic E-state index is 12.5. The van der Waals surface area contributed by atoms with Crippen LogP contribution in [0.5, 0.6) is 5.75 Å². The van der Waals surface area contributed by atoms with Gasteiger partial charge in [-0.25, -0.2) is 9.36 Å². The van der Waals surface area contributed by atoms with Gasteiger partial charge < -0.3 is 9.15 Å². The second-order valence-electron chi connectivity index (χ2n) is 4.58. The average Bonchev–Trinajstić information content (AvgIpc) is 2.52. The summed E-state index contributed by atoms with van der Waals surface area (Å²) >= 11 is 0. The van der Waals surface area contributed by atoms with Crippen molar-refractivity contribution in [3.8, 4) is 5.75 Å². The van der Waals surface area contributed by atoms with Gasteiger partial charge in [-0.2, -0.15) is 0 Å². The van der Waals surface area contributed by atoms with Crippen LogP contribution in [0.3, 0.4) is 0 Å². The number of hydrogen-bond donors (Lipinski definition) is 0. The molecule has 21 heavy (non-hydrogen) atoms. The SMILES string of the molecule is COc1cccc2c(=O)n(Cc3ccccc3)c(=O)oc12. The number of nitrogens with zero attached hydrogens (tertiary/aromatic N) is 1. The molecule has 0 unspecified atom stereocenters. The summed E-state index contributed by atoms with van der Waals surface area (Å²) in [5.74, 6) is -0.325. The molecule has 0 radical (unpaired) electrons. The van der Waals surface area contributed by atoms with Crippen LogP contribution < -0.4 is 16.1 Å². The number of benzene rings is 2. The van der Waals surface area contributed by atoms with Crippen molar-refractivity contribution in [2.45, 2.75) is 6.54 Å². The molecular formula is C16H13NO4. The van der Waals surface area contributed by atoms with Crippen molar-refractivity contribution in [3.63, 3.8) is 0 Å². The molecule has 5 nitrogen and oxygen atoms in total. The first kappa shape index (κ1) is 13.2. The zero-order valence-electron chi connectivity index (χ0n) is 11.4. The summed E-state index contributed by atoms with van der Waals surface area (Å²) in [5, 5.41) is 0.324. The van der Waals surface area contributed by atoms with E-state index < -0.39 is 5.76 Å². The average molecular weight is 283 g/mol. The number of aromatic nitrogens is 1. The zero-order valence-corrected chi connectivity index (χ0v) is 11.4. The van der Waals surface area contributed by atoms with Crippen molar-refractivity contribution in [1.29, 1.82) is 0 Å². The van der Waals surface area contributed by atoms with E-state index in [1.807, 2.05) is 30.3 Å². The lowest BCUT2D eigenvalue weighted by Gasteiger charge is -2.07. The maximum absolute atomic E-state index is 12.5. The first-order chi connectivity index (χ1) is 10.2. The minimum absolute atomic E-state index is 0.176. The van der Waals surface area contributed by atoms with Gasteiger partial charge in [-0.1, -0.05) is 36.4 Å². The zero-order chi connectivity index (χ0) is 14.8. The summed E-state index contributed by atoms with van der Waals surface area (Å²) in [5.41, 5.74) is 0.650. The minimum atomic E-state index is -0.694. The van der Waals surface area contributed by atoms with Gasteiger partial charge in [0.1, 0.15) is 0 Å². The van der Waals surface area contributed by atoms with Crippen LogP contribution in [-0.4, -0.2) is 11.7 Å². The third-order valence-electron chi connectivity index (χ3n) is 3.27. The predicted molar refractivity (Wildman–Crippen MR) is 78.8 cm³/mol. The Labute approximate surface area is 120 Å². The molecule has 0 aliphatic rings. The lowest BCUT2D eigenvalue weighted by atomic mass is 10.2. The van der Waals surface area contributed by atoms with Gasteiger partial charge in [0.05, 0.1) is 19.0 Å². The highest BCUT2D eigenvalue weighted by molar-refractivity contribution is 5.81. The Balaban J connectivity index is 2.21. The van der Waals surface area contributed by atoms with Crippen LogP contribution in [-0.2, 0) is 6.54 Å². The maximum Gasteiger partial charge on any atom is 0.422 e. The van der Waals surface area contributed by atoms with Gasteiger partial charge in [-0.15, -0.1) is 0 Å². The molecular weight excluding hydrogens is 270 g/mol. The molecule has 2 aromatic carbocycles. The van der Waals surface area contributed by atoms with E-state index in [1.54, 1.807) is 18.2 Å². The predicted octanol–water partition coefficient (Wildman–Crippen LogP) is 2.01. The summed E-state index contributed by atoms with van der Waals surface area (Å²) in [6.07, 6.45) is 0. The lowest BCUT2D eigenvalue weighted by Crippen LogP contribution is -2.32. The molecule has 0 fully saturated rings. The topological polar surface area (TPSA) is 61.4 Å². The molecule has 0 amide bonds. The van der Waals surface area contributed by atoms with E-state index in [4.69, 9.17) is 9.15 Å². The normalized spacial score (nSPS) is 10.7. The molecule has 0 spiro atoms. The second-order valence-corrected chi connectivity index (χ2v) is 4.58. The first-order valence-corrected chi connectivity index (χ1v) is 6.45. The molecule has 1 aromatic heterocycles. The molecule has 0 bridgehead atoms. The molecule has 106 valence electrons. The largest absolute Gasteiger partial charge is 0.493 e. The van der Waals surface area contributed by atoms with E-state index in [0.29, 0.717) is 11.1 Å². The van der Waals surface area contributed by atoms with Gasteiger partial charge in [0, 0.05) is 0 Å². The van der Waals surface area contributed by atoms with Gasteiger partial charge in [0.2, 0.25) is 0 Å². The van der Waals surface area contributed by atoms with Crippen molar-refractivity contribution >= 4 is 11.0 Å². The summed E-state index contributed by atoms with van der Waals surface area (Å²) in [6.45, 7) is 0.176. The molecule has 0 atom stereocenters. The molecule has 3 rings (SSSR count). The number of rotatable bonds is 3. The van der Waals surface area contributed by atoms with Crippen LogP contribution >= 0.6 is 0 Å². The van der Waals surface area contributed by atoms with Gasteiger partial charge in [0.25, 0.3) is 5.56 Å². The van der Waals surface area contributed by atoms with Crippen LogP contribution in [0.25, 0.3) is 11.0 Å². The van der Waals surface area contributed by atoms with Gasteiger partial charge in [-0.3, -0.25) is 4.79 Å². The van der Waals surface area contributed by atoms with E-state index >= 15 is 0 Å². The fourth-order valence-corrected chi connectivity index (χ4v) is 2.22. The Morgan fingerprint density at radius 1 is 1.05 bits per heavy atom. The highest BCUT2D eigenvalue weighted by Gasteiger charge is 2.13. The van der Waals surface area contributed by atoms with Crippen molar-refractivity contribution in [2.24, 2.45) is 0 Å². The van der Waals surface area contributed by atoms with Crippen molar-refractivity contribution in [1.82, 2.24) is 4.57 Å². The van der Waals surface area contributed by atoms with Crippen molar-refractivity contribution in [3.05, 3.63) is 75.0 Å². The lowest BCUT2D eigenvalue weighted by molar-refractivity contribution is 0.397. The van der Waals surface area contributed by atoms with Gasteiger partial charge in [0.15, 0.2) is 11.3 Å². The number of methoxy groups -OCH3 is 1. The van der Waals surface area contributed by atoms with Gasteiger partial charge in [-0.05, 0) is 17.7 Å². The molecule has 1 heterocycles. The van der Waals surface area contributed by atoms with Crippen LogP contribution in [0.15, 0.2) is 62.5 Å². The Kier molecular flexibility index (Phi) is 3.31. The van der Waals surface area contributed by atoms with E-state index in [9.17, 15) is 9.59 Å². The fraction of sp³-hybridized carbons (Fsp3) is 0.125. The minimum Gasteiger partial charge on any atom is -0.493 e. The smallest absolute Gasteiger partial charge is 0.422 e. The summed E-state index contributed by atoms with van der Waals surface area (Å²) in [4.78, 5) is 24.5. The Morgan fingerprint density at radius 3 is 2.52 bits per heavy atom. The first-order valence-electron chi connectivity index (χ1n) is 6.45. The summed E-state index contributed by atoms with van der Waals surface area (Å²) < 4.78 is 11.4. The highest BCUT2D eigenvalue weighted by Crippen LogP contribution is 2.21. The molecule has 0 aliphatic carbocycles. The Morgan fingerprint density at radius 2 is 1.81 bits per heavy atom. The van der Waals surface area contributed by atoms with Crippen LogP contribution in [0.2, 0.25) is 0 Å². The molecule has 0 aliphatic heterocycles. The molecule has 5 heteroatoms. The van der Waals surface area contributed by atoms with Crippen molar-refractivity contribution in [2.75, 3.05) is 7.11 Å². The Bertz CT molecular complexity index is 894. The standard InChI is InChI=1S/C16H13NO4/c1-20-13-9-5-8-12-14(13)21-16(19)17(15(12)18)10-11-6-3-2-4-7-11/h2-9H,10H2,1H3. The quantitative estimate of drug-likeness (QED) is 0.737. The number of fused-ring (bicyclic) bond motifs is 1. The molecule has 0 saturated carbocycles. The van der Waals surface area contributed by atoms with Crippen molar-refractivity contribution < 1.29 is 9.15 Å². The molecule has 0 saturated heterocycles. The van der Waals surface area contributed by atoms with Gasteiger partial charge >= 0.3 is 5.76 Å².